The summed E-state index contributed by atoms with van der Waals surface area (Å²) in [4.78, 5) is 15.7. The number of ketones is 1. The molecule has 0 aliphatic rings. The van der Waals surface area contributed by atoms with Crippen LogP contribution in [-0.2, 0) is 6.54 Å². The summed E-state index contributed by atoms with van der Waals surface area (Å²) in [6, 6.07) is 10.0. The molecule has 0 saturated heterocycles. The van der Waals surface area contributed by atoms with Crippen LogP contribution in [0.25, 0.3) is 0 Å². The highest BCUT2D eigenvalue weighted by Crippen LogP contribution is 2.30. The summed E-state index contributed by atoms with van der Waals surface area (Å²) in [7, 11) is 0. The first-order valence-electron chi connectivity index (χ1n) is 16.2. The van der Waals surface area contributed by atoms with Crippen LogP contribution in [-0.4, -0.2) is 22.2 Å². The number of carbonyl (C=O) groups excluding carboxylic acids is 1. The molecule has 62 heavy (non-hydrogen) atoms. The summed E-state index contributed by atoms with van der Waals surface area (Å²) >= 11 is 3.18. The van der Waals surface area contributed by atoms with Crippen molar-refractivity contribution in [2.75, 3.05) is 5.33 Å². The largest absolute Gasteiger partial charge is 0.286 e. The van der Waals surface area contributed by atoms with E-state index in [0.29, 0.717) is 17.6 Å². The first-order chi connectivity index (χ1) is 29.0. The fourth-order valence-corrected chi connectivity index (χ4v) is 6.77. The quantitative estimate of drug-likeness (QED) is 0.0297. The fourth-order valence-electron chi connectivity index (χ4n) is 6.48. The molecule has 0 amide bonds. The van der Waals surface area contributed by atoms with Crippen molar-refractivity contribution in [1.29, 1.82) is 0 Å². The van der Waals surface area contributed by atoms with Crippen molar-refractivity contribution in [3.8, 4) is 0 Å². The van der Waals surface area contributed by atoms with Gasteiger partial charge < -0.3 is 0 Å². The first kappa shape index (κ1) is 47.1. The average molecular weight is 971 g/mol. The Labute approximate surface area is 339 Å². The van der Waals surface area contributed by atoms with E-state index in [0.717, 1.165) is 5.56 Å². The van der Waals surface area contributed by atoms with Gasteiger partial charge in [-0.3, -0.25) is 9.78 Å². The van der Waals surface area contributed by atoms with Crippen molar-refractivity contribution < 1.29 is 97.2 Å². The van der Waals surface area contributed by atoms with Crippen LogP contribution in [0.3, 0.4) is 0 Å². The predicted molar refractivity (Wildman–Crippen MR) is 177 cm³/mol. The van der Waals surface area contributed by atoms with E-state index in [1.54, 1.807) is 12.4 Å². The normalized spacial score (nSPS) is 11.5. The third-order valence-corrected chi connectivity index (χ3v) is 9.66. The molecule has 25 heteroatoms. The smallest absolute Gasteiger partial charge is 0.268 e. The number of benzene rings is 5. The molecule has 6 aromatic rings. The third kappa shape index (κ3) is 7.42. The van der Waals surface area contributed by atoms with E-state index in [4.69, 9.17) is 0 Å². The molecule has 0 aliphatic carbocycles. The van der Waals surface area contributed by atoms with Crippen LogP contribution in [0.15, 0.2) is 48.9 Å². The molecule has 326 valence electrons. The molecule has 0 atom stereocenters. The Morgan fingerprint density at radius 3 is 1.00 bits per heavy atom. The minimum absolute atomic E-state index is 0.0361. The van der Waals surface area contributed by atoms with E-state index in [-0.39, 0.29) is 5.78 Å². The molecular weight excluding hydrogens is 959 g/mol. The highest BCUT2D eigenvalue weighted by molar-refractivity contribution is 9.09. The molecule has 0 radical (unpaired) electrons. The number of Topliss-reactive ketones (excluding diaryl/α,β-unsaturated/α-hetero) is 1. The van der Waals surface area contributed by atoms with Gasteiger partial charge in [-0.2, -0.15) is 4.57 Å². The lowest BCUT2D eigenvalue weighted by atomic mass is 9.12. The maximum absolute atomic E-state index is 15.4. The molecule has 0 unspecified atom stereocenters. The van der Waals surface area contributed by atoms with Crippen molar-refractivity contribution in [3.63, 3.8) is 0 Å². The molecule has 5 aromatic carbocycles. The van der Waals surface area contributed by atoms with Crippen LogP contribution in [0.4, 0.5) is 87.8 Å². The van der Waals surface area contributed by atoms with Crippen molar-refractivity contribution in [2.45, 2.75) is 6.54 Å². The van der Waals surface area contributed by atoms with E-state index >= 15 is 35.1 Å². The van der Waals surface area contributed by atoms with Crippen LogP contribution in [0.1, 0.15) is 16.1 Å². The van der Waals surface area contributed by atoms with Gasteiger partial charge in [-0.1, -0.05) is 46.3 Å². The van der Waals surface area contributed by atoms with E-state index in [2.05, 4.69) is 20.9 Å². The lowest BCUT2D eigenvalue weighted by Crippen LogP contribution is -2.81. The van der Waals surface area contributed by atoms with Crippen molar-refractivity contribution in [3.05, 3.63) is 177 Å². The van der Waals surface area contributed by atoms with Crippen molar-refractivity contribution >= 4 is 49.7 Å². The Balaban J connectivity index is 0.000000355. The number of hydrogen-bond acceptors (Lipinski definition) is 2. The van der Waals surface area contributed by atoms with Gasteiger partial charge in [0.2, 0.25) is 5.78 Å². The molecule has 0 N–H and O–H groups in total. The number of nitrogens with zero attached hydrogens (tertiary/aromatic N) is 2. The summed E-state index contributed by atoms with van der Waals surface area (Å²) in [5.41, 5.74) is -12.6. The Kier molecular flexibility index (Phi) is 13.5. The molecule has 0 aliphatic heterocycles. The van der Waals surface area contributed by atoms with E-state index in [9.17, 15) is 57.5 Å². The van der Waals surface area contributed by atoms with Gasteiger partial charge in [-0.25, -0.2) is 87.8 Å². The SMILES string of the molecule is Fc1c(F)c(F)c([B-](c2c(F)c(F)c(F)c(F)c2F)(c2c(F)c(F)c(F)c(F)c2F)c2c(F)c(F)c(F)c(F)c2F)c(F)c1F.O=C(CBr)c1cncc[n+]1Cc1ccccc1. The molecule has 0 bridgehead atoms. The minimum atomic E-state index is -7.22. The first-order valence-corrected chi connectivity index (χ1v) is 17.3. The van der Waals surface area contributed by atoms with Gasteiger partial charge in [0.25, 0.3) is 5.69 Å². The standard InChI is InChI=1S/C24BF20.C13H12BrN2O/c26-5-1(6(27)14(35)21(42)13(5)34)25(2-7(28)15(36)22(43)16(37)8(2)29,3-9(30)17(38)23(44)18(39)10(3)31)4-11(32)19(40)24(45)20(41)12(4)33;14-8-13(17)12-9-15-6-7-16(12)10-11-4-2-1-3-5-11/h;1-7,9H,8,10H2/q-1;+1. The van der Waals surface area contributed by atoms with Crippen molar-refractivity contribution in [1.82, 2.24) is 4.98 Å². The maximum atomic E-state index is 15.4. The second kappa shape index (κ2) is 17.8. The van der Waals surface area contributed by atoms with Crippen LogP contribution < -0.4 is 26.4 Å². The molecule has 1 heterocycles. The number of aromatic nitrogens is 2. The van der Waals surface area contributed by atoms with E-state index in [1.165, 1.54) is 0 Å². The molecule has 1 aromatic heterocycles. The van der Waals surface area contributed by atoms with Gasteiger partial charge in [0, 0.05) is 5.56 Å². The average Bonchev–Trinajstić information content (AvgIpc) is 3.26. The monoisotopic (exact) mass is 970 g/mol. The summed E-state index contributed by atoms with van der Waals surface area (Å²) in [5, 5.41) is 0.313. The molecule has 3 nitrogen and oxygen atoms in total. The van der Waals surface area contributed by atoms with E-state index < -0.39 is 144 Å². The highest BCUT2D eigenvalue weighted by Gasteiger charge is 2.52. The minimum Gasteiger partial charge on any atom is -0.286 e. The molecular formula is C37H12BBrF20N2O. The van der Waals surface area contributed by atoms with E-state index in [1.807, 2.05) is 41.1 Å². The number of rotatable bonds is 8. The number of carbonyl (C=O) groups is 1. The van der Waals surface area contributed by atoms with Gasteiger partial charge >= 0.3 is 0 Å². The lowest BCUT2D eigenvalue weighted by Gasteiger charge is -2.44. The van der Waals surface area contributed by atoms with Crippen LogP contribution in [0, 0.1) is 116 Å². The second-order valence-corrected chi connectivity index (χ2v) is 13.0. The number of hydrogen-bond donors (Lipinski definition) is 0. The Morgan fingerprint density at radius 1 is 0.452 bits per heavy atom. The van der Waals surface area contributed by atoms with Gasteiger partial charge in [-0.05, 0) is 0 Å². The lowest BCUT2D eigenvalue weighted by molar-refractivity contribution is -0.690. The Morgan fingerprint density at radius 2 is 0.726 bits per heavy atom. The summed E-state index contributed by atoms with van der Waals surface area (Å²) in [6.45, 7) is 0.678. The zero-order valence-electron chi connectivity index (χ0n) is 29.4. The van der Waals surface area contributed by atoms with Gasteiger partial charge in [0.1, 0.15) is 58.9 Å². The summed E-state index contributed by atoms with van der Waals surface area (Å²) in [5.74, 6) is -71.4. The van der Waals surface area contributed by atoms with Crippen LogP contribution in [0.5, 0.6) is 0 Å². The van der Waals surface area contributed by atoms with Gasteiger partial charge in [-0.15, -0.1) is 21.9 Å². The zero-order chi connectivity index (χ0) is 46.4. The third-order valence-electron chi connectivity index (χ3n) is 9.15. The van der Waals surface area contributed by atoms with Gasteiger partial charge in [0.05, 0.1) is 11.5 Å². The highest BCUT2D eigenvalue weighted by atomic mass is 79.9. The topological polar surface area (TPSA) is 33.8 Å². The van der Waals surface area contributed by atoms with Gasteiger partial charge in [0.15, 0.2) is 82.5 Å². The fraction of sp³-hybridized carbons (Fsp3) is 0.0541. The molecule has 0 saturated carbocycles. The number of halogens is 21. The van der Waals surface area contributed by atoms with Crippen LogP contribution in [0.2, 0.25) is 0 Å². The van der Waals surface area contributed by atoms with Crippen LogP contribution >= 0.6 is 15.9 Å². The predicted octanol–water partition coefficient (Wildman–Crippen LogP) is 7.84. The molecule has 0 fully saturated rings. The summed E-state index contributed by atoms with van der Waals surface area (Å²) in [6.07, 6.45) is -2.10. The Bertz CT molecular complexity index is 2410. The zero-order valence-corrected chi connectivity index (χ0v) is 30.9. The molecule has 6 rings (SSSR count). The molecule has 0 spiro atoms. The Hall–Kier alpha value is -6.01. The maximum Gasteiger partial charge on any atom is 0.268 e. The summed E-state index contributed by atoms with van der Waals surface area (Å²) < 4.78 is 296. The second-order valence-electron chi connectivity index (χ2n) is 12.4. The van der Waals surface area contributed by atoms with Crippen molar-refractivity contribution in [2.24, 2.45) is 0 Å². The number of alkyl halides is 1.